The fourth-order valence-corrected chi connectivity index (χ4v) is 3.03. The first kappa shape index (κ1) is 21.4. The molecule has 0 fully saturated rings. The number of rotatable bonds is 7. The standard InChI is InChI=1S/C21H23ClN6O2/c1-3-5-15-6-4-7-19(28(24)21(29)26(2)23)18(15)14-30-20-12-13-27(25-20)17-10-8-16(22)9-11-17/h3-4,6-13H,1,5,14,23-24H2,2H3. The van der Waals surface area contributed by atoms with Gasteiger partial charge in [-0.1, -0.05) is 29.8 Å². The SMILES string of the molecule is C=CCc1cccc(N(N)C(=O)N(C)N)c1COc1ccn(-c2ccc(Cl)cc2)n1. The van der Waals surface area contributed by atoms with Gasteiger partial charge in [0, 0.05) is 29.9 Å². The van der Waals surface area contributed by atoms with Gasteiger partial charge in [-0.25, -0.2) is 26.2 Å². The van der Waals surface area contributed by atoms with Crippen LogP contribution in [0, 0.1) is 0 Å². The Morgan fingerprint density at radius 1 is 1.23 bits per heavy atom. The number of benzene rings is 2. The fraction of sp³-hybridized carbons (Fsp3) is 0.143. The zero-order valence-corrected chi connectivity index (χ0v) is 17.3. The van der Waals surface area contributed by atoms with E-state index in [1.165, 1.54) is 7.05 Å². The maximum atomic E-state index is 12.2. The van der Waals surface area contributed by atoms with Crippen LogP contribution in [0.25, 0.3) is 5.69 Å². The molecule has 2 amide bonds. The summed E-state index contributed by atoms with van der Waals surface area (Å²) in [5.74, 6) is 12.0. The molecule has 0 atom stereocenters. The summed E-state index contributed by atoms with van der Waals surface area (Å²) in [4.78, 5) is 12.2. The van der Waals surface area contributed by atoms with Gasteiger partial charge < -0.3 is 4.74 Å². The molecule has 0 spiro atoms. The zero-order valence-electron chi connectivity index (χ0n) is 16.5. The molecule has 8 nitrogen and oxygen atoms in total. The summed E-state index contributed by atoms with van der Waals surface area (Å²) in [5.41, 5.74) is 3.03. The van der Waals surface area contributed by atoms with Gasteiger partial charge in [0.05, 0.1) is 11.4 Å². The van der Waals surface area contributed by atoms with Crippen LogP contribution in [0.1, 0.15) is 11.1 Å². The number of hydrazine groups is 2. The van der Waals surface area contributed by atoms with Gasteiger partial charge >= 0.3 is 6.03 Å². The predicted octanol–water partition coefficient (Wildman–Crippen LogP) is 3.44. The normalized spacial score (nSPS) is 10.5. The molecule has 9 heteroatoms. The summed E-state index contributed by atoms with van der Waals surface area (Å²) < 4.78 is 7.59. The van der Waals surface area contributed by atoms with Crippen molar-refractivity contribution < 1.29 is 9.53 Å². The molecule has 3 aromatic rings. The lowest BCUT2D eigenvalue weighted by Gasteiger charge is -2.24. The van der Waals surface area contributed by atoms with Crippen molar-refractivity contribution >= 4 is 23.3 Å². The van der Waals surface area contributed by atoms with Gasteiger partial charge in [-0.3, -0.25) is 5.01 Å². The molecule has 0 aliphatic heterocycles. The molecule has 0 unspecified atom stereocenters. The topological polar surface area (TPSA) is 103 Å². The van der Waals surface area contributed by atoms with Gasteiger partial charge in [-0.15, -0.1) is 11.7 Å². The number of carbonyl (C=O) groups excluding carboxylic acids is 1. The van der Waals surface area contributed by atoms with E-state index >= 15 is 0 Å². The number of carbonyl (C=O) groups is 1. The number of nitrogens with zero attached hydrogens (tertiary/aromatic N) is 4. The molecular formula is C21H23ClN6O2. The van der Waals surface area contributed by atoms with E-state index in [2.05, 4.69) is 11.7 Å². The van der Waals surface area contributed by atoms with Gasteiger partial charge in [0.2, 0.25) is 5.88 Å². The van der Waals surface area contributed by atoms with E-state index < -0.39 is 6.03 Å². The molecule has 0 aliphatic rings. The number of aromatic nitrogens is 2. The molecule has 0 aliphatic carbocycles. The smallest absolute Gasteiger partial charge is 0.352 e. The maximum absolute atomic E-state index is 12.2. The molecule has 0 saturated heterocycles. The Balaban J connectivity index is 1.84. The van der Waals surface area contributed by atoms with Crippen molar-refractivity contribution in [1.29, 1.82) is 0 Å². The van der Waals surface area contributed by atoms with Crippen LogP contribution in [0.4, 0.5) is 10.5 Å². The number of hydrogen-bond donors (Lipinski definition) is 2. The molecule has 3 rings (SSSR count). The van der Waals surface area contributed by atoms with Crippen LogP contribution in [0.2, 0.25) is 5.02 Å². The van der Waals surface area contributed by atoms with E-state index in [-0.39, 0.29) is 6.61 Å². The Morgan fingerprint density at radius 3 is 2.63 bits per heavy atom. The van der Waals surface area contributed by atoms with E-state index in [0.717, 1.165) is 26.8 Å². The number of nitrogens with two attached hydrogens (primary N) is 2. The van der Waals surface area contributed by atoms with E-state index in [0.29, 0.717) is 23.0 Å². The first-order chi connectivity index (χ1) is 14.4. The first-order valence-corrected chi connectivity index (χ1v) is 9.51. The Bertz CT molecular complexity index is 1030. The molecule has 30 heavy (non-hydrogen) atoms. The summed E-state index contributed by atoms with van der Waals surface area (Å²) in [6, 6.07) is 14.0. The lowest BCUT2D eigenvalue weighted by atomic mass is 10.0. The maximum Gasteiger partial charge on any atom is 0.352 e. The van der Waals surface area contributed by atoms with Crippen LogP contribution >= 0.6 is 11.6 Å². The third kappa shape index (κ3) is 4.80. The quantitative estimate of drug-likeness (QED) is 0.261. The number of halogens is 1. The minimum absolute atomic E-state index is 0.159. The van der Waals surface area contributed by atoms with Crippen molar-refractivity contribution in [3.05, 3.63) is 83.5 Å². The van der Waals surface area contributed by atoms with Crippen molar-refractivity contribution in [2.45, 2.75) is 13.0 Å². The zero-order chi connectivity index (χ0) is 21.7. The summed E-state index contributed by atoms with van der Waals surface area (Å²) >= 11 is 5.93. The highest BCUT2D eigenvalue weighted by molar-refractivity contribution is 6.30. The van der Waals surface area contributed by atoms with Gasteiger partial charge in [0.25, 0.3) is 0 Å². The molecule has 4 N–H and O–H groups in total. The van der Waals surface area contributed by atoms with Crippen molar-refractivity contribution in [1.82, 2.24) is 14.8 Å². The lowest BCUT2D eigenvalue weighted by molar-refractivity contribution is 0.216. The van der Waals surface area contributed by atoms with Crippen LogP contribution in [0.15, 0.2) is 67.4 Å². The van der Waals surface area contributed by atoms with E-state index in [4.69, 9.17) is 28.0 Å². The van der Waals surface area contributed by atoms with E-state index in [1.54, 1.807) is 41.2 Å². The van der Waals surface area contributed by atoms with Crippen molar-refractivity contribution in [2.24, 2.45) is 11.7 Å². The third-order valence-electron chi connectivity index (χ3n) is 4.40. The van der Waals surface area contributed by atoms with E-state index in [9.17, 15) is 4.79 Å². The molecule has 156 valence electrons. The molecule has 1 heterocycles. The summed E-state index contributed by atoms with van der Waals surface area (Å²) in [6.45, 7) is 3.95. The molecule has 0 bridgehead atoms. The predicted molar refractivity (Wildman–Crippen MR) is 117 cm³/mol. The minimum atomic E-state index is -0.556. The monoisotopic (exact) mass is 426 g/mol. The van der Waals surface area contributed by atoms with Gasteiger partial charge in [-0.05, 0) is 42.3 Å². The number of allylic oxidation sites excluding steroid dienone is 1. The van der Waals surface area contributed by atoms with Crippen LogP contribution in [-0.2, 0) is 13.0 Å². The lowest BCUT2D eigenvalue weighted by Crippen LogP contribution is -2.49. The Labute approximate surface area is 179 Å². The molecule has 0 saturated carbocycles. The van der Waals surface area contributed by atoms with Crippen LogP contribution in [0.5, 0.6) is 5.88 Å². The largest absolute Gasteiger partial charge is 0.472 e. The van der Waals surface area contributed by atoms with Gasteiger partial charge in [0.15, 0.2) is 0 Å². The minimum Gasteiger partial charge on any atom is -0.472 e. The molecule has 0 radical (unpaired) electrons. The fourth-order valence-electron chi connectivity index (χ4n) is 2.90. The van der Waals surface area contributed by atoms with Crippen LogP contribution < -0.4 is 21.4 Å². The molecule has 2 aromatic carbocycles. The third-order valence-corrected chi connectivity index (χ3v) is 4.65. The second-order valence-corrected chi connectivity index (χ2v) is 6.97. The highest BCUT2D eigenvalue weighted by atomic mass is 35.5. The number of anilines is 1. The second kappa shape index (κ2) is 9.45. The first-order valence-electron chi connectivity index (χ1n) is 9.14. The summed E-state index contributed by atoms with van der Waals surface area (Å²) in [5, 5.41) is 6.99. The number of hydrogen-bond acceptors (Lipinski definition) is 5. The summed E-state index contributed by atoms with van der Waals surface area (Å²) in [7, 11) is 1.43. The number of amides is 2. The number of ether oxygens (including phenoxy) is 1. The average molecular weight is 427 g/mol. The number of urea groups is 1. The highest BCUT2D eigenvalue weighted by Gasteiger charge is 2.20. The van der Waals surface area contributed by atoms with Crippen molar-refractivity contribution in [3.63, 3.8) is 0 Å². The Kier molecular flexibility index (Phi) is 6.73. The van der Waals surface area contributed by atoms with Crippen molar-refractivity contribution in [3.8, 4) is 11.6 Å². The van der Waals surface area contributed by atoms with Crippen LogP contribution in [-0.4, -0.2) is 27.9 Å². The van der Waals surface area contributed by atoms with Crippen molar-refractivity contribution in [2.75, 3.05) is 12.1 Å². The summed E-state index contributed by atoms with van der Waals surface area (Å²) in [6.07, 6.45) is 4.15. The van der Waals surface area contributed by atoms with E-state index in [1.807, 2.05) is 24.3 Å². The van der Waals surface area contributed by atoms with Gasteiger partial charge in [-0.2, -0.15) is 0 Å². The second-order valence-electron chi connectivity index (χ2n) is 6.53. The highest BCUT2D eigenvalue weighted by Crippen LogP contribution is 2.26. The Morgan fingerprint density at radius 2 is 1.97 bits per heavy atom. The van der Waals surface area contributed by atoms with Gasteiger partial charge in [0.1, 0.15) is 6.61 Å². The molecular weight excluding hydrogens is 404 g/mol. The average Bonchev–Trinajstić information content (AvgIpc) is 3.21. The molecule has 1 aromatic heterocycles. The van der Waals surface area contributed by atoms with Crippen LogP contribution in [0.3, 0.4) is 0 Å². The Hall–Kier alpha value is -3.33.